The lowest BCUT2D eigenvalue weighted by molar-refractivity contribution is 0.0949. The quantitative estimate of drug-likeness (QED) is 0.770. The highest BCUT2D eigenvalue weighted by molar-refractivity contribution is 7.89. The van der Waals surface area contributed by atoms with Crippen molar-refractivity contribution in [1.29, 1.82) is 0 Å². The Kier molecular flexibility index (Phi) is 5.15. The van der Waals surface area contributed by atoms with E-state index in [-0.39, 0.29) is 9.92 Å². The van der Waals surface area contributed by atoms with Crippen LogP contribution < -0.4 is 10.3 Å². The summed E-state index contributed by atoms with van der Waals surface area (Å²) in [7, 11) is -4.04. The molecule has 2 N–H and O–H groups in total. The summed E-state index contributed by atoms with van der Waals surface area (Å²) < 4.78 is 37.5. The maximum atomic E-state index is 13.1. The molecule has 0 aliphatic heterocycles. The number of aryl methyl sites for hydroxylation is 1. The Morgan fingerprint density at radius 1 is 1.36 bits per heavy atom. The highest BCUT2D eigenvalue weighted by Crippen LogP contribution is 2.32. The van der Waals surface area contributed by atoms with Crippen molar-refractivity contribution >= 4 is 38.9 Å². The summed E-state index contributed by atoms with van der Waals surface area (Å²) in [5.74, 6) is -0.661. The largest absolute Gasteiger partial charge is 0.276 e. The Hall–Kier alpha value is -1.48. The number of fused-ring (bicyclic) bond motifs is 1. The second-order valence-corrected chi connectivity index (χ2v) is 9.27. The number of rotatable bonds is 4. The molecular formula is C16H16ClFN2O3S2. The Morgan fingerprint density at radius 3 is 2.84 bits per heavy atom. The molecular weight excluding hydrogens is 387 g/mol. The molecule has 1 aliphatic rings. The second kappa shape index (κ2) is 7.03. The van der Waals surface area contributed by atoms with Gasteiger partial charge in [-0.25, -0.2) is 12.8 Å². The van der Waals surface area contributed by atoms with Gasteiger partial charge in [-0.3, -0.25) is 10.2 Å². The third-order valence-electron chi connectivity index (χ3n) is 4.05. The lowest BCUT2D eigenvalue weighted by Crippen LogP contribution is -2.41. The van der Waals surface area contributed by atoms with Crippen molar-refractivity contribution in [2.45, 2.75) is 31.1 Å². The second-order valence-electron chi connectivity index (χ2n) is 6.04. The van der Waals surface area contributed by atoms with Crippen LogP contribution in [0.25, 0.3) is 0 Å². The highest BCUT2D eigenvalue weighted by atomic mass is 35.5. The van der Waals surface area contributed by atoms with Crippen LogP contribution >= 0.6 is 22.9 Å². The molecule has 0 saturated heterocycles. The van der Waals surface area contributed by atoms with Crippen LogP contribution in [-0.4, -0.2) is 14.3 Å². The molecule has 1 amide bonds. The Labute approximate surface area is 154 Å². The van der Waals surface area contributed by atoms with Crippen molar-refractivity contribution in [2.75, 3.05) is 0 Å². The number of carbonyl (C=O) groups excluding carboxylic acids is 1. The molecule has 1 aliphatic carbocycles. The Morgan fingerprint density at radius 2 is 2.12 bits per heavy atom. The summed E-state index contributed by atoms with van der Waals surface area (Å²) in [4.78, 5) is 15.6. The smallest absolute Gasteiger partial charge is 0.273 e. The summed E-state index contributed by atoms with van der Waals surface area (Å²) in [5, 5.41) is -0.311. The predicted octanol–water partition coefficient (Wildman–Crippen LogP) is 3.29. The molecule has 25 heavy (non-hydrogen) atoms. The molecule has 2 aromatic rings. The fraction of sp³-hybridized carbons (Fsp3) is 0.312. The SMILES string of the molecule is CC1CCc2sc(C(=O)NNS(=O)(=O)c3ccc(F)c(Cl)c3)cc2C1. The molecule has 1 atom stereocenters. The molecule has 0 spiro atoms. The summed E-state index contributed by atoms with van der Waals surface area (Å²) >= 11 is 6.97. The van der Waals surface area contributed by atoms with Crippen molar-refractivity contribution in [1.82, 2.24) is 10.3 Å². The van der Waals surface area contributed by atoms with Crippen LogP contribution in [0.15, 0.2) is 29.2 Å². The van der Waals surface area contributed by atoms with Crippen LogP contribution in [0.1, 0.15) is 33.5 Å². The first-order valence-electron chi connectivity index (χ1n) is 7.65. The van der Waals surface area contributed by atoms with Gasteiger partial charge in [0.15, 0.2) is 0 Å². The third kappa shape index (κ3) is 4.03. The van der Waals surface area contributed by atoms with Gasteiger partial charge in [0.1, 0.15) is 5.82 Å². The van der Waals surface area contributed by atoms with Crippen molar-refractivity contribution in [2.24, 2.45) is 5.92 Å². The zero-order chi connectivity index (χ0) is 18.2. The van der Waals surface area contributed by atoms with Crippen molar-refractivity contribution < 1.29 is 17.6 Å². The number of thiophene rings is 1. The number of nitrogens with one attached hydrogen (secondary N) is 2. The van der Waals surface area contributed by atoms with Crippen molar-refractivity contribution in [3.63, 3.8) is 0 Å². The third-order valence-corrected chi connectivity index (χ3v) is 6.82. The Bertz CT molecular complexity index is 927. The van der Waals surface area contributed by atoms with E-state index < -0.39 is 21.7 Å². The van der Waals surface area contributed by atoms with Gasteiger partial charge >= 0.3 is 0 Å². The first kappa shape index (κ1) is 18.3. The average molecular weight is 403 g/mol. The number of sulfonamides is 1. The summed E-state index contributed by atoms with van der Waals surface area (Å²) in [6.07, 6.45) is 2.96. The van der Waals surface area contributed by atoms with Crippen LogP contribution in [0, 0.1) is 11.7 Å². The lowest BCUT2D eigenvalue weighted by atomic mass is 9.90. The van der Waals surface area contributed by atoms with Crippen molar-refractivity contribution in [3.05, 3.63) is 50.4 Å². The molecule has 0 bridgehead atoms. The molecule has 9 heteroatoms. The predicted molar refractivity (Wildman–Crippen MR) is 94.7 cm³/mol. The van der Waals surface area contributed by atoms with Gasteiger partial charge in [-0.15, -0.1) is 16.2 Å². The van der Waals surface area contributed by atoms with E-state index in [0.717, 1.165) is 43.0 Å². The number of halogens is 2. The molecule has 1 unspecified atom stereocenters. The Balaban J connectivity index is 1.70. The number of amides is 1. The van der Waals surface area contributed by atoms with E-state index in [4.69, 9.17) is 11.6 Å². The normalized spacial score (nSPS) is 17.2. The van der Waals surface area contributed by atoms with Gasteiger partial charge in [0.05, 0.1) is 14.8 Å². The monoisotopic (exact) mass is 402 g/mol. The van der Waals surface area contributed by atoms with Gasteiger partial charge in [-0.2, -0.15) is 0 Å². The van der Waals surface area contributed by atoms with E-state index in [2.05, 4.69) is 12.3 Å². The first-order valence-corrected chi connectivity index (χ1v) is 10.3. The van der Waals surface area contributed by atoms with E-state index in [1.807, 2.05) is 10.9 Å². The molecule has 1 aromatic carbocycles. The highest BCUT2D eigenvalue weighted by Gasteiger charge is 2.22. The van der Waals surface area contributed by atoms with Crippen LogP contribution in [-0.2, 0) is 22.9 Å². The number of carbonyl (C=O) groups is 1. The first-order chi connectivity index (χ1) is 11.8. The van der Waals surface area contributed by atoms with Crippen LogP contribution in [0.2, 0.25) is 5.02 Å². The van der Waals surface area contributed by atoms with E-state index >= 15 is 0 Å². The molecule has 1 aromatic heterocycles. The maximum Gasteiger partial charge on any atom is 0.276 e. The van der Waals surface area contributed by atoms with Gasteiger partial charge in [-0.1, -0.05) is 18.5 Å². The zero-order valence-corrected chi connectivity index (χ0v) is 15.7. The minimum absolute atomic E-state index is 0.238. The minimum atomic E-state index is -4.04. The fourth-order valence-electron chi connectivity index (χ4n) is 2.70. The van der Waals surface area contributed by atoms with Gasteiger partial charge < -0.3 is 0 Å². The summed E-state index contributed by atoms with van der Waals surface area (Å²) in [5.41, 5.74) is 3.34. The van der Waals surface area contributed by atoms with Crippen LogP contribution in [0.3, 0.4) is 0 Å². The standard InChI is InChI=1S/C16H16ClFN2O3S2/c1-9-2-5-14-10(6-9)7-15(24-14)16(21)19-20-25(22,23)11-3-4-13(18)12(17)8-11/h3-4,7-9,20H,2,5-6H2,1H3,(H,19,21). The van der Waals surface area contributed by atoms with Crippen LogP contribution in [0.5, 0.6) is 0 Å². The van der Waals surface area contributed by atoms with E-state index in [1.165, 1.54) is 16.2 Å². The molecule has 3 rings (SSSR count). The summed E-state index contributed by atoms with van der Waals surface area (Å²) in [6.45, 7) is 2.17. The number of hydrazine groups is 1. The topological polar surface area (TPSA) is 75.3 Å². The van der Waals surface area contributed by atoms with E-state index in [1.54, 1.807) is 0 Å². The molecule has 0 saturated carbocycles. The molecule has 0 fully saturated rings. The number of hydrogen-bond acceptors (Lipinski definition) is 4. The minimum Gasteiger partial charge on any atom is -0.273 e. The lowest BCUT2D eigenvalue weighted by Gasteiger charge is -2.16. The number of benzene rings is 1. The van der Waals surface area contributed by atoms with Gasteiger partial charge in [0.25, 0.3) is 15.9 Å². The molecule has 5 nitrogen and oxygen atoms in total. The fourth-order valence-corrected chi connectivity index (χ4v) is 4.91. The summed E-state index contributed by atoms with van der Waals surface area (Å²) in [6, 6.07) is 4.82. The molecule has 134 valence electrons. The van der Waals surface area contributed by atoms with Gasteiger partial charge in [0, 0.05) is 4.88 Å². The van der Waals surface area contributed by atoms with Gasteiger partial charge in [0.2, 0.25) is 0 Å². The van der Waals surface area contributed by atoms with Crippen molar-refractivity contribution in [3.8, 4) is 0 Å². The van der Waals surface area contributed by atoms with Crippen LogP contribution in [0.4, 0.5) is 4.39 Å². The van der Waals surface area contributed by atoms with Gasteiger partial charge in [-0.05, 0) is 55.0 Å². The molecule has 1 heterocycles. The number of hydrogen-bond donors (Lipinski definition) is 2. The zero-order valence-electron chi connectivity index (χ0n) is 13.3. The maximum absolute atomic E-state index is 13.1. The van der Waals surface area contributed by atoms with E-state index in [0.29, 0.717) is 10.8 Å². The average Bonchev–Trinajstić information content (AvgIpc) is 2.98. The molecule has 0 radical (unpaired) electrons. The van der Waals surface area contributed by atoms with E-state index in [9.17, 15) is 17.6 Å².